The zero-order valence-electron chi connectivity index (χ0n) is 20.6. The van der Waals surface area contributed by atoms with Crippen LogP contribution in [0.5, 0.6) is 5.75 Å². The Morgan fingerprint density at radius 2 is 1.86 bits per heavy atom. The number of carbonyl (C=O) groups is 1. The van der Waals surface area contributed by atoms with Crippen LogP contribution in [-0.2, 0) is 4.74 Å². The molecule has 1 aliphatic rings. The second-order valence-electron chi connectivity index (χ2n) is 9.29. The molecule has 196 valence electrons. The Balaban J connectivity index is 1.62. The zero-order valence-corrected chi connectivity index (χ0v) is 20.6. The molecule has 7 nitrogen and oxygen atoms in total. The van der Waals surface area contributed by atoms with Gasteiger partial charge in [-0.2, -0.15) is 0 Å². The van der Waals surface area contributed by atoms with Crippen molar-refractivity contribution < 1.29 is 27.4 Å². The number of hydrogen-bond donors (Lipinski definition) is 2. The lowest BCUT2D eigenvalue weighted by Gasteiger charge is -2.32. The highest BCUT2D eigenvalue weighted by Crippen LogP contribution is 2.38. The summed E-state index contributed by atoms with van der Waals surface area (Å²) in [6.45, 7) is 2.33. The summed E-state index contributed by atoms with van der Waals surface area (Å²) < 4.78 is 54.6. The van der Waals surface area contributed by atoms with Crippen LogP contribution < -0.4 is 15.8 Å². The van der Waals surface area contributed by atoms with E-state index in [-0.39, 0.29) is 36.6 Å². The number of aromatic nitrogens is 2. The number of ether oxygens (including phenoxy) is 2. The van der Waals surface area contributed by atoms with Crippen molar-refractivity contribution in [1.29, 1.82) is 0 Å². The fourth-order valence-electron chi connectivity index (χ4n) is 4.80. The van der Waals surface area contributed by atoms with Crippen molar-refractivity contribution >= 4 is 11.6 Å². The number of halogens is 3. The Bertz CT molecular complexity index is 1260. The van der Waals surface area contributed by atoms with Gasteiger partial charge in [-0.1, -0.05) is 6.92 Å². The monoisotopic (exact) mass is 514 g/mol. The van der Waals surface area contributed by atoms with E-state index in [4.69, 9.17) is 15.2 Å². The van der Waals surface area contributed by atoms with E-state index in [9.17, 15) is 13.6 Å². The lowest BCUT2D eigenvalue weighted by molar-refractivity contribution is 0.102. The highest BCUT2D eigenvalue weighted by Gasteiger charge is 2.28. The molecule has 0 spiro atoms. The van der Waals surface area contributed by atoms with Gasteiger partial charge in [0.15, 0.2) is 11.6 Å². The van der Waals surface area contributed by atoms with Gasteiger partial charge < -0.3 is 20.5 Å². The molecule has 1 aliphatic carbocycles. The normalized spacial score (nSPS) is 19.5. The second kappa shape index (κ2) is 11.7. The molecule has 3 N–H and O–H groups in total. The van der Waals surface area contributed by atoms with Gasteiger partial charge in [0.1, 0.15) is 29.6 Å². The minimum Gasteiger partial charge on any atom is -0.488 e. The molecular weight excluding hydrogens is 485 g/mol. The summed E-state index contributed by atoms with van der Waals surface area (Å²) in [5, 5.41) is 2.77. The molecular formula is C27H29F3N4O3. The number of benzene rings is 1. The van der Waals surface area contributed by atoms with Crippen LogP contribution in [0.2, 0.25) is 0 Å². The Hall–Kier alpha value is -3.50. The van der Waals surface area contributed by atoms with Crippen molar-refractivity contribution in [3.63, 3.8) is 0 Å². The van der Waals surface area contributed by atoms with Crippen molar-refractivity contribution in [2.24, 2.45) is 11.7 Å². The maximum atomic E-state index is 15.1. The Kier molecular flexibility index (Phi) is 8.40. The number of hydrogen-bond acceptors (Lipinski definition) is 6. The maximum Gasteiger partial charge on any atom is 0.274 e. The molecule has 0 saturated heterocycles. The molecule has 0 radical (unpaired) electrons. The molecule has 3 aromatic rings. The summed E-state index contributed by atoms with van der Waals surface area (Å²) in [7, 11) is 1.45. The van der Waals surface area contributed by atoms with Crippen molar-refractivity contribution in [2.45, 2.75) is 38.1 Å². The lowest BCUT2D eigenvalue weighted by Crippen LogP contribution is -2.31. The molecule has 1 fully saturated rings. The molecule has 10 heteroatoms. The summed E-state index contributed by atoms with van der Waals surface area (Å²) in [6.07, 6.45) is 5.82. The third-order valence-corrected chi connectivity index (χ3v) is 6.44. The van der Waals surface area contributed by atoms with Gasteiger partial charge in [0.05, 0.1) is 24.1 Å². The minimum atomic E-state index is -1.13. The summed E-state index contributed by atoms with van der Waals surface area (Å²) in [4.78, 5) is 21.2. The first-order valence-corrected chi connectivity index (χ1v) is 12.1. The Morgan fingerprint density at radius 1 is 1.08 bits per heavy atom. The van der Waals surface area contributed by atoms with E-state index in [0.717, 1.165) is 49.1 Å². The molecule has 1 aromatic carbocycles. The van der Waals surface area contributed by atoms with E-state index in [1.807, 2.05) is 6.07 Å². The maximum absolute atomic E-state index is 15.1. The molecule has 0 unspecified atom stereocenters. The first kappa shape index (κ1) is 26.6. The van der Waals surface area contributed by atoms with Gasteiger partial charge in [0, 0.05) is 19.3 Å². The van der Waals surface area contributed by atoms with Gasteiger partial charge in [-0.25, -0.2) is 18.2 Å². The number of nitrogens with zero attached hydrogens (tertiary/aromatic N) is 2. The standard InChI is InChI=1S/C27H29F3N4O3/c1-15-11-16(13-17(31)12-15)18-7-8-32-14-22(18)34-27(35)21-5-3-20(29)26(33-21)24-19(28)4-6-23(25(24)30)37-10-9-36-2/h3-8,14-17H,9-13,31H2,1-2H3,(H,34,35)/t15-,16+,17-/m0/s1. The van der Waals surface area contributed by atoms with Crippen LogP contribution in [0.1, 0.15) is 48.2 Å². The number of nitrogens with two attached hydrogens (primary N) is 1. The average molecular weight is 515 g/mol. The van der Waals surface area contributed by atoms with Crippen LogP contribution in [0.4, 0.5) is 18.9 Å². The van der Waals surface area contributed by atoms with E-state index >= 15 is 4.39 Å². The number of nitrogens with one attached hydrogen (secondary N) is 1. The molecule has 37 heavy (non-hydrogen) atoms. The van der Waals surface area contributed by atoms with Crippen molar-refractivity contribution in [3.8, 4) is 17.0 Å². The van der Waals surface area contributed by atoms with Crippen molar-refractivity contribution in [3.05, 3.63) is 71.4 Å². The lowest BCUT2D eigenvalue weighted by atomic mass is 9.76. The van der Waals surface area contributed by atoms with Crippen molar-refractivity contribution in [2.75, 3.05) is 25.6 Å². The Morgan fingerprint density at radius 3 is 2.62 bits per heavy atom. The van der Waals surface area contributed by atoms with Crippen LogP contribution in [0.25, 0.3) is 11.3 Å². The molecule has 2 aromatic heterocycles. The second-order valence-corrected chi connectivity index (χ2v) is 9.29. The van der Waals surface area contributed by atoms with Gasteiger partial charge in [-0.05, 0) is 67.0 Å². The quantitative estimate of drug-likeness (QED) is 0.407. The largest absolute Gasteiger partial charge is 0.488 e. The van der Waals surface area contributed by atoms with Crippen LogP contribution >= 0.6 is 0 Å². The number of methoxy groups -OCH3 is 1. The minimum absolute atomic E-state index is 0.00890. The van der Waals surface area contributed by atoms with Gasteiger partial charge in [0.2, 0.25) is 0 Å². The Labute approximate surface area is 213 Å². The van der Waals surface area contributed by atoms with Crippen LogP contribution in [-0.4, -0.2) is 42.2 Å². The third-order valence-electron chi connectivity index (χ3n) is 6.44. The van der Waals surface area contributed by atoms with E-state index < -0.39 is 34.6 Å². The van der Waals surface area contributed by atoms with Crippen LogP contribution in [0, 0.1) is 23.4 Å². The third kappa shape index (κ3) is 6.08. The van der Waals surface area contributed by atoms with Gasteiger partial charge in [-0.15, -0.1) is 0 Å². The van der Waals surface area contributed by atoms with Crippen LogP contribution in [0.3, 0.4) is 0 Å². The van der Waals surface area contributed by atoms with E-state index in [2.05, 4.69) is 22.2 Å². The summed E-state index contributed by atoms with van der Waals surface area (Å²) in [5.41, 5.74) is 6.02. The van der Waals surface area contributed by atoms with E-state index in [1.54, 1.807) is 6.20 Å². The predicted molar refractivity (Wildman–Crippen MR) is 133 cm³/mol. The molecule has 1 amide bonds. The molecule has 4 rings (SSSR count). The predicted octanol–water partition coefficient (Wildman–Crippen LogP) is 5.07. The highest BCUT2D eigenvalue weighted by atomic mass is 19.1. The molecule has 1 saturated carbocycles. The van der Waals surface area contributed by atoms with E-state index in [1.165, 1.54) is 13.3 Å². The van der Waals surface area contributed by atoms with Crippen molar-refractivity contribution in [1.82, 2.24) is 9.97 Å². The van der Waals surface area contributed by atoms with Gasteiger partial charge >= 0.3 is 0 Å². The fraction of sp³-hybridized carbons (Fsp3) is 0.370. The van der Waals surface area contributed by atoms with E-state index in [0.29, 0.717) is 11.6 Å². The van der Waals surface area contributed by atoms with Gasteiger partial charge in [0.25, 0.3) is 5.91 Å². The first-order valence-electron chi connectivity index (χ1n) is 12.1. The topological polar surface area (TPSA) is 99.4 Å². The number of carbonyl (C=O) groups excluding carboxylic acids is 1. The number of pyridine rings is 2. The average Bonchev–Trinajstić information content (AvgIpc) is 2.86. The van der Waals surface area contributed by atoms with Gasteiger partial charge in [-0.3, -0.25) is 9.78 Å². The fourth-order valence-corrected chi connectivity index (χ4v) is 4.80. The SMILES string of the molecule is COCCOc1ccc(F)c(-c2nc(C(=O)Nc3cnccc3[C@@H]3C[C@H](C)C[C@H](N)C3)ccc2F)c1F. The molecule has 0 aliphatic heterocycles. The molecule has 3 atom stereocenters. The number of amides is 1. The highest BCUT2D eigenvalue weighted by molar-refractivity contribution is 6.03. The summed E-state index contributed by atoms with van der Waals surface area (Å²) >= 11 is 0. The summed E-state index contributed by atoms with van der Waals surface area (Å²) in [5.74, 6) is -3.55. The van der Waals surface area contributed by atoms with Crippen LogP contribution in [0.15, 0.2) is 42.7 Å². The zero-order chi connectivity index (χ0) is 26.5. The number of anilines is 1. The summed E-state index contributed by atoms with van der Waals surface area (Å²) in [6, 6.07) is 6.05. The molecule has 0 bridgehead atoms. The smallest absolute Gasteiger partial charge is 0.274 e. The first-order chi connectivity index (χ1) is 17.8. The molecule has 2 heterocycles. The number of rotatable bonds is 8.